The Morgan fingerprint density at radius 3 is 2.72 bits per heavy atom. The number of nitrogens with zero attached hydrogens (tertiary/aromatic N) is 4. The fourth-order valence-corrected chi connectivity index (χ4v) is 3.05. The van der Waals surface area contributed by atoms with Gasteiger partial charge in [0.2, 0.25) is 11.1 Å². The van der Waals surface area contributed by atoms with Gasteiger partial charge in [-0.2, -0.15) is 5.10 Å². The molecule has 0 radical (unpaired) electrons. The van der Waals surface area contributed by atoms with Gasteiger partial charge in [-0.1, -0.05) is 36.0 Å². The van der Waals surface area contributed by atoms with E-state index in [-0.39, 0.29) is 23.4 Å². The second-order valence-electron chi connectivity index (χ2n) is 6.20. The van der Waals surface area contributed by atoms with E-state index in [1.54, 1.807) is 19.1 Å². The average molecular weight is 413 g/mol. The number of anilines is 2. The number of nitrogens with one attached hydrogen (secondary N) is 2. The Morgan fingerprint density at radius 2 is 2.00 bits per heavy atom. The SMILES string of the molecule is C/C(=N\Nc1nnc(SCC(=O)Nc2cccc(C)c2)n1N)c1ccc(F)cc1. The number of halogens is 1. The molecule has 8 nitrogen and oxygen atoms in total. The van der Waals surface area contributed by atoms with E-state index >= 15 is 0 Å². The first-order chi connectivity index (χ1) is 13.9. The summed E-state index contributed by atoms with van der Waals surface area (Å²) in [5, 5.41) is 15.2. The maximum atomic E-state index is 13.0. The zero-order valence-electron chi connectivity index (χ0n) is 15.9. The summed E-state index contributed by atoms with van der Waals surface area (Å²) < 4.78 is 14.2. The van der Waals surface area contributed by atoms with Gasteiger partial charge < -0.3 is 11.2 Å². The van der Waals surface area contributed by atoms with Crippen molar-refractivity contribution in [1.29, 1.82) is 0 Å². The molecule has 0 saturated carbocycles. The number of rotatable bonds is 7. The number of aromatic nitrogens is 3. The fourth-order valence-electron chi connectivity index (χ4n) is 2.39. The van der Waals surface area contributed by atoms with Crippen molar-refractivity contribution in [2.24, 2.45) is 5.10 Å². The van der Waals surface area contributed by atoms with Crippen LogP contribution < -0.4 is 16.6 Å². The molecule has 0 aliphatic carbocycles. The Labute approximate surface area is 171 Å². The van der Waals surface area contributed by atoms with E-state index in [0.29, 0.717) is 10.9 Å². The summed E-state index contributed by atoms with van der Waals surface area (Å²) in [7, 11) is 0. The van der Waals surface area contributed by atoms with Gasteiger partial charge in [-0.05, 0) is 49.2 Å². The van der Waals surface area contributed by atoms with Crippen molar-refractivity contribution < 1.29 is 9.18 Å². The zero-order valence-corrected chi connectivity index (χ0v) is 16.7. The van der Waals surface area contributed by atoms with Gasteiger partial charge in [-0.15, -0.1) is 10.2 Å². The first kappa shape index (κ1) is 20.3. The van der Waals surface area contributed by atoms with Crippen LogP contribution in [0.15, 0.2) is 58.8 Å². The van der Waals surface area contributed by atoms with E-state index in [9.17, 15) is 9.18 Å². The molecular formula is C19H20FN7OS. The fraction of sp³-hybridized carbons (Fsp3) is 0.158. The van der Waals surface area contributed by atoms with Crippen LogP contribution in [0.2, 0.25) is 0 Å². The molecule has 1 aromatic heterocycles. The molecule has 29 heavy (non-hydrogen) atoms. The molecule has 4 N–H and O–H groups in total. The largest absolute Gasteiger partial charge is 0.334 e. The van der Waals surface area contributed by atoms with Crippen molar-refractivity contribution in [3.8, 4) is 0 Å². The van der Waals surface area contributed by atoms with Crippen LogP contribution in [0.1, 0.15) is 18.1 Å². The summed E-state index contributed by atoms with van der Waals surface area (Å²) >= 11 is 1.15. The monoisotopic (exact) mass is 413 g/mol. The normalized spacial score (nSPS) is 11.3. The van der Waals surface area contributed by atoms with Crippen molar-refractivity contribution in [2.45, 2.75) is 19.0 Å². The molecule has 0 aliphatic rings. The molecule has 3 aromatic rings. The molecule has 0 aliphatic heterocycles. The summed E-state index contributed by atoms with van der Waals surface area (Å²) in [5.41, 5.74) is 5.90. The molecule has 0 unspecified atom stereocenters. The lowest BCUT2D eigenvalue weighted by Gasteiger charge is -2.06. The lowest BCUT2D eigenvalue weighted by atomic mass is 10.1. The molecule has 1 amide bonds. The van der Waals surface area contributed by atoms with Crippen LogP contribution >= 0.6 is 11.8 Å². The van der Waals surface area contributed by atoms with E-state index in [1.165, 1.54) is 16.8 Å². The van der Waals surface area contributed by atoms with Crippen molar-refractivity contribution in [3.05, 3.63) is 65.5 Å². The van der Waals surface area contributed by atoms with Gasteiger partial charge in [0, 0.05) is 5.69 Å². The highest BCUT2D eigenvalue weighted by Gasteiger charge is 2.12. The highest BCUT2D eigenvalue weighted by Crippen LogP contribution is 2.18. The van der Waals surface area contributed by atoms with Crippen LogP contribution in [-0.4, -0.2) is 32.2 Å². The summed E-state index contributed by atoms with van der Waals surface area (Å²) in [4.78, 5) is 12.1. The lowest BCUT2D eigenvalue weighted by molar-refractivity contribution is -0.113. The van der Waals surface area contributed by atoms with Crippen LogP contribution in [-0.2, 0) is 4.79 Å². The Kier molecular flexibility index (Phi) is 6.45. The number of aryl methyl sites for hydroxylation is 1. The van der Waals surface area contributed by atoms with Gasteiger partial charge in [0.1, 0.15) is 5.82 Å². The second kappa shape index (κ2) is 9.20. The van der Waals surface area contributed by atoms with Crippen LogP contribution in [0.4, 0.5) is 16.0 Å². The number of hydrogen-bond acceptors (Lipinski definition) is 7. The topological polar surface area (TPSA) is 110 Å². The van der Waals surface area contributed by atoms with Crippen LogP contribution in [0.3, 0.4) is 0 Å². The summed E-state index contributed by atoms with van der Waals surface area (Å²) in [5.74, 6) is 5.81. The van der Waals surface area contributed by atoms with E-state index in [0.717, 1.165) is 28.6 Å². The maximum absolute atomic E-state index is 13.0. The third kappa shape index (κ3) is 5.55. The molecule has 150 valence electrons. The van der Waals surface area contributed by atoms with Gasteiger partial charge >= 0.3 is 0 Å². The molecule has 3 rings (SSSR count). The van der Waals surface area contributed by atoms with Crippen molar-refractivity contribution in [2.75, 3.05) is 22.3 Å². The minimum absolute atomic E-state index is 0.126. The number of thioether (sulfide) groups is 1. The summed E-state index contributed by atoms with van der Waals surface area (Å²) in [6.07, 6.45) is 0. The minimum atomic E-state index is -0.315. The van der Waals surface area contributed by atoms with E-state index in [2.05, 4.69) is 26.0 Å². The van der Waals surface area contributed by atoms with Crippen molar-refractivity contribution in [1.82, 2.24) is 14.9 Å². The van der Waals surface area contributed by atoms with E-state index < -0.39 is 0 Å². The van der Waals surface area contributed by atoms with E-state index in [1.807, 2.05) is 31.2 Å². The molecule has 0 saturated heterocycles. The number of carbonyl (C=O) groups excluding carboxylic acids is 1. The average Bonchev–Trinajstić information content (AvgIpc) is 3.04. The van der Waals surface area contributed by atoms with Crippen molar-refractivity contribution in [3.63, 3.8) is 0 Å². The molecule has 0 fully saturated rings. The number of nitrogen functional groups attached to an aromatic ring is 1. The lowest BCUT2D eigenvalue weighted by Crippen LogP contribution is -2.17. The number of carbonyl (C=O) groups is 1. The number of benzene rings is 2. The predicted octanol–water partition coefficient (Wildman–Crippen LogP) is 3.01. The van der Waals surface area contributed by atoms with Crippen LogP contribution in [0.5, 0.6) is 0 Å². The molecule has 0 bridgehead atoms. The first-order valence-electron chi connectivity index (χ1n) is 8.68. The molecule has 10 heteroatoms. The highest BCUT2D eigenvalue weighted by molar-refractivity contribution is 7.99. The second-order valence-corrected chi connectivity index (χ2v) is 7.14. The standard InChI is InChI=1S/C19H20FN7OS/c1-12-4-3-5-16(10-12)22-17(28)11-29-19-26-25-18(27(19)21)24-23-13(2)14-6-8-15(20)9-7-14/h3-10H,11,21H2,1-2H3,(H,22,28)(H,24,25)/b23-13+. The number of hydrazone groups is 1. The Morgan fingerprint density at radius 1 is 1.24 bits per heavy atom. The molecule has 0 atom stereocenters. The van der Waals surface area contributed by atoms with E-state index in [4.69, 9.17) is 5.84 Å². The predicted molar refractivity (Wildman–Crippen MR) is 113 cm³/mol. The van der Waals surface area contributed by atoms with Crippen molar-refractivity contribution >= 4 is 35.0 Å². The smallest absolute Gasteiger partial charge is 0.264 e. The molecule has 1 heterocycles. The summed E-state index contributed by atoms with van der Waals surface area (Å²) in [6.45, 7) is 3.72. The van der Waals surface area contributed by atoms with Crippen LogP contribution in [0.25, 0.3) is 0 Å². The number of nitrogens with two attached hydrogens (primary N) is 1. The van der Waals surface area contributed by atoms with Gasteiger partial charge in [0.25, 0.3) is 5.95 Å². The molecule has 2 aromatic carbocycles. The Bertz CT molecular complexity index is 1030. The first-order valence-corrected chi connectivity index (χ1v) is 9.67. The van der Waals surface area contributed by atoms with Crippen LogP contribution in [0, 0.1) is 12.7 Å². The highest BCUT2D eigenvalue weighted by atomic mass is 32.2. The molecule has 0 spiro atoms. The van der Waals surface area contributed by atoms with Gasteiger partial charge in [-0.25, -0.2) is 14.5 Å². The zero-order chi connectivity index (χ0) is 20.8. The number of amides is 1. The maximum Gasteiger partial charge on any atom is 0.264 e. The van der Waals surface area contributed by atoms with Gasteiger partial charge in [-0.3, -0.25) is 4.79 Å². The Hall–Kier alpha value is -3.40. The number of hydrogen-bond donors (Lipinski definition) is 3. The third-order valence-corrected chi connectivity index (χ3v) is 4.83. The van der Waals surface area contributed by atoms with Gasteiger partial charge in [0.05, 0.1) is 11.5 Å². The molecular weight excluding hydrogens is 393 g/mol. The third-order valence-electron chi connectivity index (χ3n) is 3.88. The quantitative estimate of drug-likeness (QED) is 0.238. The minimum Gasteiger partial charge on any atom is -0.334 e. The van der Waals surface area contributed by atoms with Gasteiger partial charge in [0.15, 0.2) is 0 Å². The Balaban J connectivity index is 1.57. The summed E-state index contributed by atoms with van der Waals surface area (Å²) in [6, 6.07) is 13.5.